The number of benzene rings is 3. The van der Waals surface area contributed by atoms with E-state index in [-0.39, 0.29) is 17.3 Å². The van der Waals surface area contributed by atoms with Gasteiger partial charge in [-0.25, -0.2) is 0 Å². The molecule has 1 N–H and O–H groups in total. The van der Waals surface area contributed by atoms with Gasteiger partial charge in [0.25, 0.3) is 0 Å². The van der Waals surface area contributed by atoms with Crippen LogP contribution in [0.3, 0.4) is 0 Å². The monoisotopic (exact) mass is 594 g/mol. The lowest BCUT2D eigenvalue weighted by Crippen LogP contribution is -2.36. The van der Waals surface area contributed by atoms with Crippen LogP contribution in [0.4, 0.5) is 22.0 Å². The van der Waals surface area contributed by atoms with Gasteiger partial charge in [-0.2, -0.15) is 22.0 Å². The SMILES string of the molecule is [O-][S+](CCCCCOc1ccc(CC=C(Cc2ccc(O)cc2)c2ccccc2)cc1)CCCC(F)(F)C(F)(F)F. The average Bonchev–Trinajstić information content (AvgIpc) is 2.94. The molecule has 0 spiro atoms. The summed E-state index contributed by atoms with van der Waals surface area (Å²) in [6.45, 7) is 0.467. The predicted molar refractivity (Wildman–Crippen MR) is 154 cm³/mol. The molecule has 0 aliphatic carbocycles. The van der Waals surface area contributed by atoms with Crippen LogP contribution in [0.25, 0.3) is 5.57 Å². The molecule has 0 aromatic heterocycles. The largest absolute Gasteiger partial charge is 0.616 e. The Kier molecular flexibility index (Phi) is 12.5. The highest BCUT2D eigenvalue weighted by Crippen LogP contribution is 2.38. The Bertz CT molecular complexity index is 1200. The second-order valence-corrected chi connectivity index (χ2v) is 11.5. The molecule has 0 fully saturated rings. The van der Waals surface area contributed by atoms with E-state index in [2.05, 4.69) is 18.2 Å². The molecule has 0 bridgehead atoms. The lowest BCUT2D eigenvalue weighted by Gasteiger charge is -2.19. The maximum Gasteiger partial charge on any atom is 0.453 e. The molecule has 222 valence electrons. The summed E-state index contributed by atoms with van der Waals surface area (Å²) < 4.78 is 80.0. The number of phenols is 1. The van der Waals surface area contributed by atoms with Gasteiger partial charge < -0.3 is 14.4 Å². The summed E-state index contributed by atoms with van der Waals surface area (Å²) in [6, 6.07) is 25.3. The minimum absolute atomic E-state index is 0.159. The van der Waals surface area contributed by atoms with Crippen LogP contribution >= 0.6 is 0 Å². The van der Waals surface area contributed by atoms with Crippen LogP contribution in [-0.4, -0.2) is 39.9 Å². The van der Waals surface area contributed by atoms with Gasteiger partial charge in [-0.1, -0.05) is 71.8 Å². The number of phenolic OH excluding ortho intramolecular Hbond substituents is 1. The van der Waals surface area contributed by atoms with Gasteiger partial charge in [-0.3, -0.25) is 0 Å². The van der Waals surface area contributed by atoms with E-state index in [0.29, 0.717) is 19.4 Å². The molecule has 1 atom stereocenters. The number of aromatic hydroxyl groups is 1. The lowest BCUT2D eigenvalue weighted by molar-refractivity contribution is -0.284. The van der Waals surface area contributed by atoms with Crippen molar-refractivity contribution in [3.8, 4) is 11.5 Å². The third-order valence-corrected chi connectivity index (χ3v) is 8.03. The standard InChI is InChI=1S/C32H35F5O3S/c33-31(34,32(35,36)37)20-7-23-41(39)22-6-2-5-21-40-30-18-13-25(14-19-30)10-15-28(27-8-3-1-4-9-27)24-26-11-16-29(38)17-12-26/h1,3-4,8-9,11-19,38H,2,5-7,10,20-24H2. The number of halogens is 5. The fraction of sp³-hybridized carbons (Fsp3) is 0.375. The molecule has 3 aromatic rings. The summed E-state index contributed by atoms with van der Waals surface area (Å²) in [5.41, 5.74) is 4.58. The van der Waals surface area contributed by atoms with Crippen molar-refractivity contribution in [3.05, 3.63) is 102 Å². The van der Waals surface area contributed by atoms with Gasteiger partial charge in [0.2, 0.25) is 0 Å². The summed E-state index contributed by atoms with van der Waals surface area (Å²) in [5.74, 6) is -3.64. The Morgan fingerprint density at radius 2 is 1.41 bits per heavy atom. The van der Waals surface area contributed by atoms with E-state index in [1.807, 2.05) is 54.6 Å². The molecule has 0 radical (unpaired) electrons. The number of allylic oxidation sites excluding steroid dienone is 2. The Balaban J connectivity index is 1.38. The summed E-state index contributed by atoms with van der Waals surface area (Å²) >= 11 is -1.41. The van der Waals surface area contributed by atoms with E-state index in [0.717, 1.165) is 41.7 Å². The number of ether oxygens (including phenoxy) is 1. The molecule has 3 rings (SSSR count). The van der Waals surface area contributed by atoms with Gasteiger partial charge in [-0.05, 0) is 85.1 Å². The summed E-state index contributed by atoms with van der Waals surface area (Å²) in [5, 5.41) is 9.58. The fourth-order valence-corrected chi connectivity index (χ4v) is 5.37. The summed E-state index contributed by atoms with van der Waals surface area (Å²) in [4.78, 5) is 0. The normalized spacial score (nSPS) is 13.3. The first-order valence-electron chi connectivity index (χ1n) is 13.6. The second-order valence-electron chi connectivity index (χ2n) is 9.85. The molecule has 3 aromatic carbocycles. The molecule has 0 aliphatic heterocycles. The Hall–Kier alpha value is -3.04. The molecule has 0 saturated heterocycles. The third kappa shape index (κ3) is 11.4. The van der Waals surface area contributed by atoms with Crippen molar-refractivity contribution >= 4 is 16.7 Å². The minimum Gasteiger partial charge on any atom is -0.616 e. The minimum atomic E-state index is -5.56. The van der Waals surface area contributed by atoms with Crippen LogP contribution in [0.5, 0.6) is 11.5 Å². The van der Waals surface area contributed by atoms with Crippen molar-refractivity contribution in [1.29, 1.82) is 0 Å². The molecule has 9 heteroatoms. The molecule has 0 saturated carbocycles. The smallest absolute Gasteiger partial charge is 0.453 e. The first-order chi connectivity index (χ1) is 19.5. The number of unbranched alkanes of at least 4 members (excludes halogenated alkanes) is 2. The molecule has 3 nitrogen and oxygen atoms in total. The molecule has 0 amide bonds. The Morgan fingerprint density at radius 3 is 2.07 bits per heavy atom. The van der Waals surface area contributed by atoms with E-state index in [1.54, 1.807) is 12.1 Å². The molecular formula is C32H35F5O3S. The van der Waals surface area contributed by atoms with E-state index < -0.39 is 36.1 Å². The quantitative estimate of drug-likeness (QED) is 0.103. The fourth-order valence-electron chi connectivity index (χ4n) is 4.17. The molecular weight excluding hydrogens is 559 g/mol. The molecule has 0 aliphatic rings. The first kappa shape index (κ1) is 32.5. The second kappa shape index (κ2) is 15.8. The number of alkyl halides is 5. The third-order valence-electron chi connectivity index (χ3n) is 6.55. The van der Waals surface area contributed by atoms with Gasteiger partial charge in [0.15, 0.2) is 0 Å². The van der Waals surface area contributed by atoms with E-state index >= 15 is 0 Å². The van der Waals surface area contributed by atoms with Crippen molar-refractivity contribution < 1.29 is 36.3 Å². The number of rotatable bonds is 16. The highest BCUT2D eigenvalue weighted by Gasteiger charge is 2.56. The average molecular weight is 595 g/mol. The van der Waals surface area contributed by atoms with Crippen molar-refractivity contribution in [1.82, 2.24) is 0 Å². The zero-order valence-electron chi connectivity index (χ0n) is 22.7. The van der Waals surface area contributed by atoms with Crippen LogP contribution in [0.15, 0.2) is 84.9 Å². The number of hydrogen-bond donors (Lipinski definition) is 1. The van der Waals surface area contributed by atoms with Gasteiger partial charge in [0.05, 0.1) is 6.61 Å². The summed E-state index contributed by atoms with van der Waals surface area (Å²) in [6.07, 6.45) is -1.61. The number of hydrogen-bond acceptors (Lipinski definition) is 3. The van der Waals surface area contributed by atoms with Crippen molar-refractivity contribution in [2.24, 2.45) is 0 Å². The van der Waals surface area contributed by atoms with Crippen molar-refractivity contribution in [2.45, 2.75) is 57.0 Å². The zero-order chi connectivity index (χ0) is 29.7. The van der Waals surface area contributed by atoms with E-state index in [4.69, 9.17) is 4.74 Å². The van der Waals surface area contributed by atoms with Crippen molar-refractivity contribution in [3.63, 3.8) is 0 Å². The van der Waals surface area contributed by atoms with E-state index in [1.165, 1.54) is 5.57 Å². The Labute approximate surface area is 241 Å². The zero-order valence-corrected chi connectivity index (χ0v) is 23.5. The summed E-state index contributed by atoms with van der Waals surface area (Å²) in [7, 11) is 0. The highest BCUT2D eigenvalue weighted by atomic mass is 32.2. The topological polar surface area (TPSA) is 52.5 Å². The molecule has 1 unspecified atom stereocenters. The maximum absolute atomic E-state index is 12.9. The highest BCUT2D eigenvalue weighted by molar-refractivity contribution is 7.91. The molecule has 41 heavy (non-hydrogen) atoms. The lowest BCUT2D eigenvalue weighted by atomic mass is 9.96. The van der Waals surface area contributed by atoms with Crippen LogP contribution in [0.1, 0.15) is 48.8 Å². The molecule has 0 heterocycles. The van der Waals surface area contributed by atoms with Gasteiger partial charge in [0, 0.05) is 6.42 Å². The van der Waals surface area contributed by atoms with Gasteiger partial charge in [0.1, 0.15) is 23.0 Å². The van der Waals surface area contributed by atoms with Crippen LogP contribution in [0, 0.1) is 0 Å². The van der Waals surface area contributed by atoms with Crippen LogP contribution in [-0.2, 0) is 24.0 Å². The first-order valence-corrected chi connectivity index (χ1v) is 15.1. The van der Waals surface area contributed by atoms with Crippen LogP contribution in [0.2, 0.25) is 0 Å². The Morgan fingerprint density at radius 1 is 0.780 bits per heavy atom. The van der Waals surface area contributed by atoms with E-state index in [9.17, 15) is 31.6 Å². The van der Waals surface area contributed by atoms with Crippen molar-refractivity contribution in [2.75, 3.05) is 18.1 Å². The van der Waals surface area contributed by atoms with Gasteiger partial charge in [-0.15, -0.1) is 0 Å². The van der Waals surface area contributed by atoms with Gasteiger partial charge >= 0.3 is 12.1 Å². The maximum atomic E-state index is 12.9. The predicted octanol–water partition coefficient (Wildman–Crippen LogP) is 8.54. The van der Waals surface area contributed by atoms with Crippen LogP contribution < -0.4 is 4.74 Å².